The largest absolute Gasteiger partial charge is 0.355 e. The Labute approximate surface area is 125 Å². The summed E-state index contributed by atoms with van der Waals surface area (Å²) in [4.78, 5) is 28.6. The average Bonchev–Trinajstić information content (AvgIpc) is 2.48. The fraction of sp³-hybridized carbons (Fsp3) is 0.588. The van der Waals surface area contributed by atoms with Crippen molar-refractivity contribution in [1.82, 2.24) is 10.3 Å². The summed E-state index contributed by atoms with van der Waals surface area (Å²) < 4.78 is 0. The Morgan fingerprint density at radius 1 is 1.24 bits per heavy atom. The second-order valence-electron chi connectivity index (χ2n) is 6.26. The molecule has 21 heavy (non-hydrogen) atoms. The minimum absolute atomic E-state index is 0.0294. The van der Waals surface area contributed by atoms with E-state index in [4.69, 9.17) is 0 Å². The molecule has 2 atom stereocenters. The van der Waals surface area contributed by atoms with E-state index in [9.17, 15) is 9.59 Å². The summed E-state index contributed by atoms with van der Waals surface area (Å²) in [7, 11) is 0. The van der Waals surface area contributed by atoms with Crippen molar-refractivity contribution in [3.63, 3.8) is 0 Å². The lowest BCUT2D eigenvalue weighted by atomic mass is 9.67. The SMILES string of the molecule is O=C(NCCc1ccccn1)C1CC2CCCC(C1)C2=O. The van der Waals surface area contributed by atoms with Crippen molar-refractivity contribution in [2.45, 2.75) is 38.5 Å². The van der Waals surface area contributed by atoms with Crippen molar-refractivity contribution in [2.75, 3.05) is 6.54 Å². The molecule has 2 fully saturated rings. The van der Waals surface area contributed by atoms with Crippen molar-refractivity contribution in [2.24, 2.45) is 17.8 Å². The predicted molar refractivity (Wildman–Crippen MR) is 79.5 cm³/mol. The van der Waals surface area contributed by atoms with Crippen LogP contribution in [0.2, 0.25) is 0 Å². The number of carbonyl (C=O) groups excluding carboxylic acids is 2. The highest BCUT2D eigenvalue weighted by atomic mass is 16.2. The molecule has 2 saturated carbocycles. The molecular formula is C17H22N2O2. The molecule has 4 nitrogen and oxygen atoms in total. The summed E-state index contributed by atoms with van der Waals surface area (Å²) in [6.45, 7) is 0.621. The number of amides is 1. The molecule has 1 aromatic rings. The smallest absolute Gasteiger partial charge is 0.223 e. The quantitative estimate of drug-likeness (QED) is 0.922. The number of ketones is 1. The fourth-order valence-corrected chi connectivity index (χ4v) is 3.70. The predicted octanol–water partition coefficient (Wildman–Crippen LogP) is 2.14. The van der Waals surface area contributed by atoms with E-state index in [1.807, 2.05) is 18.2 Å². The first-order valence-corrected chi connectivity index (χ1v) is 7.95. The van der Waals surface area contributed by atoms with Gasteiger partial charge in [0.1, 0.15) is 5.78 Å². The molecule has 1 heterocycles. The Kier molecular flexibility index (Phi) is 4.32. The molecule has 2 aliphatic carbocycles. The minimum atomic E-state index is 0.0294. The van der Waals surface area contributed by atoms with Gasteiger partial charge in [-0.3, -0.25) is 14.6 Å². The third-order valence-corrected chi connectivity index (χ3v) is 4.83. The van der Waals surface area contributed by atoms with E-state index in [0.29, 0.717) is 12.3 Å². The summed E-state index contributed by atoms with van der Waals surface area (Å²) in [5.41, 5.74) is 0.994. The highest BCUT2D eigenvalue weighted by Gasteiger charge is 2.41. The lowest BCUT2D eigenvalue weighted by molar-refractivity contribution is -0.137. The lowest BCUT2D eigenvalue weighted by Crippen LogP contribution is -2.43. The standard InChI is InChI=1S/C17H22N2O2/c20-16-12-4-3-5-13(16)11-14(10-12)17(21)19-9-7-15-6-1-2-8-18-15/h1-2,6,8,12-14H,3-5,7,9-11H2,(H,19,21). The summed E-state index contributed by atoms with van der Waals surface area (Å²) in [5, 5.41) is 3.01. The fourth-order valence-electron chi connectivity index (χ4n) is 3.70. The molecule has 0 spiro atoms. The third-order valence-electron chi connectivity index (χ3n) is 4.83. The topological polar surface area (TPSA) is 59.1 Å². The van der Waals surface area contributed by atoms with Crippen molar-refractivity contribution >= 4 is 11.7 Å². The van der Waals surface area contributed by atoms with Gasteiger partial charge < -0.3 is 5.32 Å². The zero-order valence-electron chi connectivity index (χ0n) is 12.3. The van der Waals surface area contributed by atoms with Crippen LogP contribution in [0, 0.1) is 17.8 Å². The number of rotatable bonds is 4. The Bertz CT molecular complexity index is 499. The van der Waals surface area contributed by atoms with E-state index >= 15 is 0 Å². The van der Waals surface area contributed by atoms with Gasteiger partial charge in [-0.1, -0.05) is 12.5 Å². The van der Waals surface area contributed by atoms with Crippen LogP contribution in [-0.2, 0) is 16.0 Å². The van der Waals surface area contributed by atoms with E-state index in [1.54, 1.807) is 6.20 Å². The van der Waals surface area contributed by atoms with E-state index in [-0.39, 0.29) is 23.7 Å². The highest BCUT2D eigenvalue weighted by Crippen LogP contribution is 2.40. The molecule has 1 N–H and O–H groups in total. The van der Waals surface area contributed by atoms with E-state index < -0.39 is 0 Å². The molecular weight excluding hydrogens is 264 g/mol. The summed E-state index contributed by atoms with van der Waals surface area (Å²) in [6, 6.07) is 5.81. The van der Waals surface area contributed by atoms with Gasteiger partial charge in [0.25, 0.3) is 0 Å². The Morgan fingerprint density at radius 2 is 2.00 bits per heavy atom. The van der Waals surface area contributed by atoms with Crippen LogP contribution in [0.5, 0.6) is 0 Å². The molecule has 1 aromatic heterocycles. The molecule has 0 aromatic carbocycles. The number of fused-ring (bicyclic) bond motifs is 2. The molecule has 2 unspecified atom stereocenters. The second-order valence-corrected chi connectivity index (χ2v) is 6.26. The number of nitrogens with one attached hydrogen (secondary N) is 1. The van der Waals surface area contributed by atoms with Crippen molar-refractivity contribution in [1.29, 1.82) is 0 Å². The van der Waals surface area contributed by atoms with Gasteiger partial charge in [0.2, 0.25) is 5.91 Å². The van der Waals surface area contributed by atoms with Gasteiger partial charge in [-0.05, 0) is 37.8 Å². The first kappa shape index (κ1) is 14.2. The summed E-state index contributed by atoms with van der Waals surface area (Å²) in [6.07, 6.45) is 7.14. The van der Waals surface area contributed by atoms with Crippen LogP contribution in [0.15, 0.2) is 24.4 Å². The van der Waals surface area contributed by atoms with Gasteiger partial charge in [-0.2, -0.15) is 0 Å². The number of aromatic nitrogens is 1. The van der Waals surface area contributed by atoms with Gasteiger partial charge in [0.15, 0.2) is 0 Å². The van der Waals surface area contributed by atoms with Crippen molar-refractivity contribution in [3.05, 3.63) is 30.1 Å². The van der Waals surface area contributed by atoms with E-state index in [0.717, 1.165) is 44.2 Å². The Balaban J connectivity index is 1.49. The molecule has 0 radical (unpaired) electrons. The van der Waals surface area contributed by atoms with Gasteiger partial charge in [-0.25, -0.2) is 0 Å². The van der Waals surface area contributed by atoms with Crippen LogP contribution < -0.4 is 5.32 Å². The lowest BCUT2D eigenvalue weighted by Gasteiger charge is -2.36. The summed E-state index contributed by atoms with van der Waals surface area (Å²) in [5.74, 6) is 0.851. The van der Waals surface area contributed by atoms with Crippen LogP contribution in [-0.4, -0.2) is 23.2 Å². The van der Waals surface area contributed by atoms with Crippen LogP contribution in [0.4, 0.5) is 0 Å². The van der Waals surface area contributed by atoms with E-state index in [1.165, 1.54) is 0 Å². The number of pyridine rings is 1. The van der Waals surface area contributed by atoms with Gasteiger partial charge in [-0.15, -0.1) is 0 Å². The maximum atomic E-state index is 12.3. The van der Waals surface area contributed by atoms with Crippen molar-refractivity contribution < 1.29 is 9.59 Å². The van der Waals surface area contributed by atoms with Gasteiger partial charge in [0, 0.05) is 42.6 Å². The Morgan fingerprint density at radius 3 is 2.67 bits per heavy atom. The van der Waals surface area contributed by atoms with Gasteiger partial charge >= 0.3 is 0 Å². The normalized spacial score (nSPS) is 28.2. The Hall–Kier alpha value is -1.71. The van der Waals surface area contributed by atoms with Crippen LogP contribution >= 0.6 is 0 Å². The number of nitrogens with zero attached hydrogens (tertiary/aromatic N) is 1. The number of carbonyl (C=O) groups is 2. The molecule has 4 heteroatoms. The monoisotopic (exact) mass is 286 g/mol. The molecule has 1 amide bonds. The van der Waals surface area contributed by atoms with Gasteiger partial charge in [0.05, 0.1) is 0 Å². The first-order chi connectivity index (χ1) is 10.2. The second kappa shape index (κ2) is 6.37. The molecule has 2 aliphatic rings. The molecule has 0 aliphatic heterocycles. The molecule has 112 valence electrons. The van der Waals surface area contributed by atoms with Crippen LogP contribution in [0.1, 0.15) is 37.8 Å². The first-order valence-electron chi connectivity index (χ1n) is 7.95. The van der Waals surface area contributed by atoms with Crippen LogP contribution in [0.25, 0.3) is 0 Å². The average molecular weight is 286 g/mol. The number of hydrogen-bond acceptors (Lipinski definition) is 3. The third kappa shape index (κ3) is 3.31. The van der Waals surface area contributed by atoms with Crippen LogP contribution in [0.3, 0.4) is 0 Å². The minimum Gasteiger partial charge on any atom is -0.355 e. The van der Waals surface area contributed by atoms with E-state index in [2.05, 4.69) is 10.3 Å². The highest BCUT2D eigenvalue weighted by molar-refractivity contribution is 5.88. The molecule has 2 bridgehead atoms. The summed E-state index contributed by atoms with van der Waals surface area (Å²) >= 11 is 0. The van der Waals surface area contributed by atoms with Crippen molar-refractivity contribution in [3.8, 4) is 0 Å². The number of Topliss-reactive ketones (excluding diaryl/α,β-unsaturated/α-hetero) is 1. The molecule has 3 rings (SSSR count). The number of hydrogen-bond donors (Lipinski definition) is 1. The maximum Gasteiger partial charge on any atom is 0.223 e. The zero-order chi connectivity index (χ0) is 14.7. The maximum absolute atomic E-state index is 12.3. The zero-order valence-corrected chi connectivity index (χ0v) is 12.3. The molecule has 0 saturated heterocycles.